The van der Waals surface area contributed by atoms with Gasteiger partial charge in [0.1, 0.15) is 5.70 Å². The number of aromatic amines is 1. The van der Waals surface area contributed by atoms with Crippen LogP contribution >= 0.6 is 0 Å². The van der Waals surface area contributed by atoms with Crippen LogP contribution in [0.3, 0.4) is 0 Å². The average Bonchev–Trinajstić information content (AvgIpc) is 3.54. The van der Waals surface area contributed by atoms with Crippen molar-refractivity contribution in [3.05, 3.63) is 113 Å². The molecule has 2 amide bonds. The molecule has 0 saturated heterocycles. The molecule has 0 aliphatic heterocycles. The van der Waals surface area contributed by atoms with E-state index in [9.17, 15) is 18.0 Å². The summed E-state index contributed by atoms with van der Waals surface area (Å²) in [4.78, 5) is 29.8. The molecule has 5 rings (SSSR count). The van der Waals surface area contributed by atoms with Gasteiger partial charge in [-0.25, -0.2) is 3.97 Å². The van der Waals surface area contributed by atoms with Gasteiger partial charge >= 0.3 is 10.2 Å². The standard InChI is InChI=1S/C31H31N5O4S/c1-21-13-14-27-26(17-21)23(19-33-27)15-16-32-31(38)28(34-30(37)22-9-5-4-6-10-22)18-24-20-36(41(39,40)35(2)3)29-12-8-7-11-25(24)29/h4-14,17-20,33H,15-16H2,1-3H3,(H,32,38)(H,34,37)/b28-18-. The second-order valence-corrected chi connectivity index (χ2v) is 12.0. The molecule has 0 aliphatic carbocycles. The molecular formula is C31H31N5O4S. The molecule has 3 aromatic carbocycles. The number of carbonyl (C=O) groups excluding carboxylic acids is 2. The van der Waals surface area contributed by atoms with E-state index in [1.54, 1.807) is 54.6 Å². The predicted molar refractivity (Wildman–Crippen MR) is 162 cm³/mol. The van der Waals surface area contributed by atoms with Crippen LogP contribution in [0.2, 0.25) is 0 Å². The Labute approximate surface area is 238 Å². The molecule has 2 heterocycles. The van der Waals surface area contributed by atoms with Gasteiger partial charge in [0.15, 0.2) is 0 Å². The minimum atomic E-state index is -3.84. The number of para-hydroxylation sites is 1. The van der Waals surface area contributed by atoms with Crippen LogP contribution in [0.4, 0.5) is 0 Å². The number of rotatable bonds is 9. The number of fused-ring (bicyclic) bond motifs is 2. The van der Waals surface area contributed by atoms with Crippen LogP contribution < -0.4 is 10.6 Å². The van der Waals surface area contributed by atoms with Crippen molar-refractivity contribution < 1.29 is 18.0 Å². The molecule has 5 aromatic rings. The number of hydrogen-bond donors (Lipinski definition) is 3. The molecule has 3 N–H and O–H groups in total. The summed E-state index contributed by atoms with van der Waals surface area (Å²) in [6.07, 6.45) is 5.48. The van der Waals surface area contributed by atoms with E-state index in [1.807, 2.05) is 25.3 Å². The van der Waals surface area contributed by atoms with Crippen LogP contribution in [0, 0.1) is 6.92 Å². The molecule has 0 unspecified atom stereocenters. The Morgan fingerprint density at radius 3 is 2.46 bits per heavy atom. The average molecular weight is 570 g/mol. The predicted octanol–water partition coefficient (Wildman–Crippen LogP) is 4.22. The van der Waals surface area contributed by atoms with E-state index >= 15 is 0 Å². The third-order valence-corrected chi connectivity index (χ3v) is 8.57. The fourth-order valence-corrected chi connectivity index (χ4v) is 5.67. The molecule has 0 aliphatic rings. The number of carbonyl (C=O) groups is 2. The highest BCUT2D eigenvalue weighted by Gasteiger charge is 2.22. The molecule has 0 atom stereocenters. The first-order chi connectivity index (χ1) is 19.6. The second-order valence-electron chi connectivity index (χ2n) is 9.93. The first-order valence-corrected chi connectivity index (χ1v) is 14.5. The molecule has 210 valence electrons. The first-order valence-electron chi connectivity index (χ1n) is 13.1. The molecular weight excluding hydrogens is 538 g/mol. The van der Waals surface area contributed by atoms with E-state index < -0.39 is 22.0 Å². The lowest BCUT2D eigenvalue weighted by molar-refractivity contribution is -0.117. The number of H-pyrrole nitrogens is 1. The number of benzene rings is 3. The van der Waals surface area contributed by atoms with E-state index in [1.165, 1.54) is 30.3 Å². The highest BCUT2D eigenvalue weighted by Crippen LogP contribution is 2.26. The van der Waals surface area contributed by atoms with E-state index in [-0.39, 0.29) is 5.70 Å². The number of aromatic nitrogens is 2. The van der Waals surface area contributed by atoms with E-state index in [0.29, 0.717) is 35.0 Å². The third-order valence-electron chi connectivity index (χ3n) is 6.85. The van der Waals surface area contributed by atoms with Gasteiger partial charge in [-0.15, -0.1) is 0 Å². The van der Waals surface area contributed by atoms with Crippen LogP contribution in [-0.2, 0) is 21.4 Å². The normalized spacial score (nSPS) is 12.2. The van der Waals surface area contributed by atoms with Crippen molar-refractivity contribution in [2.45, 2.75) is 13.3 Å². The Kier molecular flexibility index (Phi) is 7.78. The topological polar surface area (TPSA) is 116 Å². The van der Waals surface area contributed by atoms with E-state index in [4.69, 9.17) is 0 Å². The van der Waals surface area contributed by atoms with Crippen molar-refractivity contribution in [3.63, 3.8) is 0 Å². The summed E-state index contributed by atoms with van der Waals surface area (Å²) in [5.74, 6) is -0.943. The fourth-order valence-electron chi connectivity index (χ4n) is 4.66. The van der Waals surface area contributed by atoms with Gasteiger partial charge in [0, 0.05) is 60.4 Å². The summed E-state index contributed by atoms with van der Waals surface area (Å²) >= 11 is 0. The van der Waals surface area contributed by atoms with Crippen molar-refractivity contribution in [3.8, 4) is 0 Å². The quantitative estimate of drug-likeness (QED) is 0.231. The van der Waals surface area contributed by atoms with Gasteiger partial charge < -0.3 is 15.6 Å². The fraction of sp³-hybridized carbons (Fsp3) is 0.161. The Bertz CT molecular complexity index is 1890. The second kappa shape index (κ2) is 11.4. The van der Waals surface area contributed by atoms with Gasteiger partial charge in [0.2, 0.25) is 0 Å². The number of nitrogens with one attached hydrogen (secondary N) is 3. The van der Waals surface area contributed by atoms with Gasteiger partial charge in [-0.3, -0.25) is 9.59 Å². The smallest absolute Gasteiger partial charge is 0.307 e. The van der Waals surface area contributed by atoms with Crippen molar-refractivity contribution in [2.75, 3.05) is 20.6 Å². The summed E-state index contributed by atoms with van der Waals surface area (Å²) in [7, 11) is -0.931. The summed E-state index contributed by atoms with van der Waals surface area (Å²) < 4.78 is 28.3. The summed E-state index contributed by atoms with van der Waals surface area (Å²) in [6, 6.07) is 21.7. The largest absolute Gasteiger partial charge is 0.361 e. The molecule has 10 heteroatoms. The zero-order valence-electron chi connectivity index (χ0n) is 23.0. The zero-order valence-corrected chi connectivity index (χ0v) is 23.8. The molecule has 9 nitrogen and oxygen atoms in total. The van der Waals surface area contributed by atoms with Crippen LogP contribution in [0.15, 0.2) is 90.9 Å². The molecule has 0 saturated carbocycles. The number of nitrogens with zero attached hydrogens (tertiary/aromatic N) is 2. The Balaban J connectivity index is 1.47. The molecule has 2 aromatic heterocycles. The number of amides is 2. The van der Waals surface area contributed by atoms with Crippen molar-refractivity contribution in [1.82, 2.24) is 23.9 Å². The highest BCUT2D eigenvalue weighted by molar-refractivity contribution is 7.87. The van der Waals surface area contributed by atoms with Crippen molar-refractivity contribution >= 4 is 49.9 Å². The molecule has 0 radical (unpaired) electrons. The van der Waals surface area contributed by atoms with Crippen LogP contribution in [0.1, 0.15) is 27.0 Å². The maximum atomic E-state index is 13.5. The first kappa shape index (κ1) is 27.9. The number of hydrogen-bond acceptors (Lipinski definition) is 4. The number of aryl methyl sites for hydroxylation is 1. The SMILES string of the molecule is Cc1ccc2[nH]cc(CCNC(=O)/C(=C/c3cn(S(=O)(=O)N(C)C)c4ccccc34)NC(=O)c3ccccc3)c2c1. The van der Waals surface area contributed by atoms with Crippen LogP contribution in [-0.4, -0.2) is 54.1 Å². The lowest BCUT2D eigenvalue weighted by atomic mass is 10.1. The van der Waals surface area contributed by atoms with Gasteiger partial charge in [0.05, 0.1) is 5.52 Å². The zero-order chi connectivity index (χ0) is 29.1. The maximum Gasteiger partial charge on any atom is 0.307 e. The van der Waals surface area contributed by atoms with Crippen molar-refractivity contribution in [2.24, 2.45) is 0 Å². The van der Waals surface area contributed by atoms with Gasteiger partial charge in [0.25, 0.3) is 11.8 Å². The molecule has 0 spiro atoms. The third kappa shape index (κ3) is 5.79. The molecule has 41 heavy (non-hydrogen) atoms. The minimum absolute atomic E-state index is 0.00113. The Morgan fingerprint density at radius 2 is 1.71 bits per heavy atom. The Hall–Kier alpha value is -4.67. The molecule has 0 bridgehead atoms. The summed E-state index contributed by atoms with van der Waals surface area (Å²) in [5, 5.41) is 7.36. The van der Waals surface area contributed by atoms with Gasteiger partial charge in [-0.2, -0.15) is 12.7 Å². The van der Waals surface area contributed by atoms with Gasteiger partial charge in [-0.05, 0) is 55.3 Å². The minimum Gasteiger partial charge on any atom is -0.361 e. The maximum absolute atomic E-state index is 13.5. The van der Waals surface area contributed by atoms with E-state index in [2.05, 4.69) is 21.7 Å². The monoisotopic (exact) mass is 569 g/mol. The summed E-state index contributed by atoms with van der Waals surface area (Å²) in [6.45, 7) is 2.36. The van der Waals surface area contributed by atoms with E-state index in [0.717, 1.165) is 26.3 Å². The highest BCUT2D eigenvalue weighted by atomic mass is 32.2. The van der Waals surface area contributed by atoms with Crippen molar-refractivity contribution in [1.29, 1.82) is 0 Å². The lowest BCUT2D eigenvalue weighted by Gasteiger charge is -2.13. The summed E-state index contributed by atoms with van der Waals surface area (Å²) in [5.41, 5.74) is 4.55. The molecule has 0 fully saturated rings. The van der Waals surface area contributed by atoms with Crippen LogP contribution in [0.25, 0.3) is 27.9 Å². The Morgan fingerprint density at radius 1 is 0.976 bits per heavy atom. The van der Waals surface area contributed by atoms with Gasteiger partial charge in [-0.1, -0.05) is 48.0 Å². The van der Waals surface area contributed by atoms with Crippen LogP contribution in [0.5, 0.6) is 0 Å². The lowest BCUT2D eigenvalue weighted by Crippen LogP contribution is -2.35.